The number of hydrogen-bond acceptors (Lipinski definition) is 7. The molecule has 0 spiro atoms. The number of fused-ring (bicyclic) bond motifs is 1. The number of hydrogen-bond donors (Lipinski definition) is 1. The molecule has 3 aliphatic rings. The molecular formula is C30H38N3O6PSi. The van der Waals surface area contributed by atoms with Crippen LogP contribution in [0, 0.1) is 0 Å². The zero-order valence-electron chi connectivity index (χ0n) is 23.7. The minimum Gasteiger partial charge on any atom is -0.374 e. The largest absolute Gasteiger partial charge is 0.374 e. The Morgan fingerprint density at radius 3 is 2.29 bits per heavy atom. The van der Waals surface area contributed by atoms with Crippen molar-refractivity contribution in [3.63, 3.8) is 0 Å². The van der Waals surface area contributed by atoms with Crippen molar-refractivity contribution in [2.45, 2.75) is 75.5 Å². The monoisotopic (exact) mass is 595 g/mol. The normalized spacial score (nSPS) is 30.1. The summed E-state index contributed by atoms with van der Waals surface area (Å²) in [4.78, 5) is 26.6. The molecule has 3 saturated heterocycles. The van der Waals surface area contributed by atoms with Gasteiger partial charge in [0.1, 0.15) is 20.3 Å². The lowest BCUT2D eigenvalue weighted by molar-refractivity contribution is -0.0538. The van der Waals surface area contributed by atoms with Crippen molar-refractivity contribution >= 4 is 27.0 Å². The fourth-order valence-corrected chi connectivity index (χ4v) is 12.6. The van der Waals surface area contributed by atoms with Crippen molar-refractivity contribution in [1.29, 1.82) is 0 Å². The Morgan fingerprint density at radius 1 is 1.00 bits per heavy atom. The number of aromatic amines is 1. The number of aromatic nitrogens is 2. The molecule has 1 aromatic heterocycles. The molecule has 4 heterocycles. The minimum atomic E-state index is -2.12. The Morgan fingerprint density at radius 2 is 1.68 bits per heavy atom. The molecule has 0 bridgehead atoms. The minimum absolute atomic E-state index is 0.0571. The fraction of sp³-hybridized carbons (Fsp3) is 0.467. The quantitative estimate of drug-likeness (QED) is 0.300. The summed E-state index contributed by atoms with van der Waals surface area (Å²) >= 11 is 0. The van der Waals surface area contributed by atoms with E-state index in [9.17, 15) is 9.59 Å². The lowest BCUT2D eigenvalue weighted by Crippen LogP contribution is -2.58. The highest BCUT2D eigenvalue weighted by molar-refractivity contribution is 7.45. The van der Waals surface area contributed by atoms with Gasteiger partial charge in [-0.05, 0) is 25.3 Å². The first kappa shape index (κ1) is 28.7. The predicted molar refractivity (Wildman–Crippen MR) is 161 cm³/mol. The van der Waals surface area contributed by atoms with E-state index in [2.05, 4.69) is 76.9 Å². The molecule has 0 amide bonds. The predicted octanol–water partition coefficient (Wildman–Crippen LogP) is 3.23. The van der Waals surface area contributed by atoms with Crippen LogP contribution in [0.3, 0.4) is 0 Å². The number of nitrogens with zero attached hydrogens (tertiary/aromatic N) is 2. The van der Waals surface area contributed by atoms with Crippen LogP contribution < -0.4 is 21.6 Å². The Labute approximate surface area is 242 Å². The topological polar surface area (TPSA) is 95.0 Å². The maximum Gasteiger partial charge on any atom is 0.330 e. The highest BCUT2D eigenvalue weighted by atomic mass is 31.2. The van der Waals surface area contributed by atoms with Gasteiger partial charge in [0.15, 0.2) is 6.23 Å². The van der Waals surface area contributed by atoms with Gasteiger partial charge in [0.05, 0.1) is 12.2 Å². The summed E-state index contributed by atoms with van der Waals surface area (Å²) in [6.07, 6.45) is 2.43. The van der Waals surface area contributed by atoms with Gasteiger partial charge in [-0.25, -0.2) is 9.46 Å². The maximum absolute atomic E-state index is 12.6. The molecule has 3 fully saturated rings. The number of benzene rings is 2. The van der Waals surface area contributed by atoms with Gasteiger partial charge in [-0.15, -0.1) is 0 Å². The van der Waals surface area contributed by atoms with Gasteiger partial charge >= 0.3 is 5.69 Å². The van der Waals surface area contributed by atoms with E-state index in [-0.39, 0.29) is 12.2 Å². The first-order valence-electron chi connectivity index (χ1n) is 14.4. The van der Waals surface area contributed by atoms with Crippen molar-refractivity contribution in [3.8, 4) is 0 Å². The van der Waals surface area contributed by atoms with Crippen LogP contribution in [0.4, 0.5) is 0 Å². The van der Waals surface area contributed by atoms with E-state index >= 15 is 0 Å². The first-order valence-corrected chi connectivity index (χ1v) is 18.3. The molecule has 41 heavy (non-hydrogen) atoms. The van der Waals surface area contributed by atoms with Crippen LogP contribution in [-0.4, -0.2) is 66.4 Å². The van der Waals surface area contributed by atoms with E-state index in [1.807, 2.05) is 6.92 Å². The van der Waals surface area contributed by atoms with Crippen LogP contribution in [0.5, 0.6) is 0 Å². The van der Waals surface area contributed by atoms with E-state index in [0.717, 1.165) is 25.4 Å². The standard InChI is InChI=1S/C30H38N3O6PSi/c1-4-24-27(28(36-2)29(37-24)32-19-17-26(34)31-30(32)35)39-40-33-18-11-16-23(33)25(38-40)20-41(3,21-12-7-5-8-13-21)22-14-9-6-10-15-22/h5-10,12-15,17,19,23-25,27-29H,4,11,16,18,20H2,1-3H3,(H,31,34,35)/t23-,24-,25+,27?,28+,29-,40+/m1/s1. The lowest BCUT2D eigenvalue weighted by Gasteiger charge is -2.32. The molecule has 0 aliphatic carbocycles. The Bertz CT molecular complexity index is 1400. The van der Waals surface area contributed by atoms with Gasteiger partial charge < -0.3 is 18.5 Å². The smallest absolute Gasteiger partial charge is 0.330 e. The Balaban J connectivity index is 1.26. The molecule has 11 heteroatoms. The lowest BCUT2D eigenvalue weighted by atomic mass is 10.1. The molecule has 9 nitrogen and oxygen atoms in total. The number of ether oxygens (including phenoxy) is 2. The van der Waals surface area contributed by atoms with E-state index in [1.54, 1.807) is 7.11 Å². The molecule has 6 rings (SSSR count). The highest BCUT2D eigenvalue weighted by Gasteiger charge is 2.54. The van der Waals surface area contributed by atoms with Crippen LogP contribution in [0.15, 0.2) is 82.5 Å². The van der Waals surface area contributed by atoms with Crippen LogP contribution in [0.25, 0.3) is 0 Å². The third-order valence-corrected chi connectivity index (χ3v) is 15.1. The molecule has 7 atom stereocenters. The van der Waals surface area contributed by atoms with Crippen LogP contribution >= 0.6 is 8.53 Å². The summed E-state index contributed by atoms with van der Waals surface area (Å²) in [6.45, 7) is 5.42. The summed E-state index contributed by atoms with van der Waals surface area (Å²) in [5.74, 6) is 0. The van der Waals surface area contributed by atoms with Gasteiger partial charge in [0.2, 0.25) is 0 Å². The summed E-state index contributed by atoms with van der Waals surface area (Å²) in [7, 11) is -1.86. The average Bonchev–Trinajstić information content (AvgIpc) is 3.69. The zero-order chi connectivity index (χ0) is 28.6. The summed E-state index contributed by atoms with van der Waals surface area (Å²) in [5, 5.41) is 2.81. The first-order chi connectivity index (χ1) is 19.9. The van der Waals surface area contributed by atoms with Crippen molar-refractivity contribution in [1.82, 2.24) is 14.2 Å². The highest BCUT2D eigenvalue weighted by Crippen LogP contribution is 2.59. The summed E-state index contributed by atoms with van der Waals surface area (Å²) in [6, 6.07) is 24.4. The molecule has 1 N–H and O–H groups in total. The molecule has 0 saturated carbocycles. The molecule has 0 radical (unpaired) electrons. The zero-order valence-corrected chi connectivity index (χ0v) is 25.6. The number of methoxy groups -OCH3 is 1. The third kappa shape index (κ3) is 5.43. The molecular weight excluding hydrogens is 557 g/mol. The Hall–Kier alpha value is -2.43. The van der Waals surface area contributed by atoms with Gasteiger partial charge in [0.25, 0.3) is 14.1 Å². The number of nitrogens with one attached hydrogen (secondary N) is 1. The van der Waals surface area contributed by atoms with E-state index in [1.165, 1.54) is 27.2 Å². The van der Waals surface area contributed by atoms with Crippen molar-refractivity contribution in [3.05, 3.63) is 93.8 Å². The van der Waals surface area contributed by atoms with Gasteiger partial charge in [-0.2, -0.15) is 0 Å². The van der Waals surface area contributed by atoms with Crippen LogP contribution in [-0.2, 0) is 18.5 Å². The number of rotatable bonds is 9. The van der Waals surface area contributed by atoms with Gasteiger partial charge in [-0.1, -0.05) is 84.5 Å². The SMILES string of the molecule is CC[C@H]1O[C@@H](n2ccc(=O)[nH]c2=O)[C@@H](OC)C1O[P@]1O[C@@H](C[Si](C)(c2ccccc2)c2ccccc2)[C@H]2CCCN21. The molecule has 3 aromatic rings. The van der Waals surface area contributed by atoms with E-state index in [4.69, 9.17) is 18.5 Å². The second-order valence-corrected chi connectivity index (χ2v) is 16.9. The van der Waals surface area contributed by atoms with Crippen LogP contribution in [0.2, 0.25) is 12.6 Å². The number of H-pyrrole nitrogens is 1. The third-order valence-electron chi connectivity index (χ3n) is 8.86. The summed E-state index contributed by atoms with van der Waals surface area (Å²) in [5.41, 5.74) is -0.984. The molecule has 3 aliphatic heterocycles. The maximum atomic E-state index is 12.6. The van der Waals surface area contributed by atoms with E-state index < -0.39 is 46.3 Å². The molecule has 2 aromatic carbocycles. The second-order valence-electron chi connectivity index (χ2n) is 11.3. The fourth-order valence-electron chi connectivity index (χ4n) is 6.65. The summed E-state index contributed by atoms with van der Waals surface area (Å²) < 4.78 is 29.7. The van der Waals surface area contributed by atoms with Crippen molar-refractivity contribution in [2.24, 2.45) is 0 Å². The van der Waals surface area contributed by atoms with Gasteiger partial charge in [-0.3, -0.25) is 14.3 Å². The van der Waals surface area contributed by atoms with Crippen LogP contribution in [0.1, 0.15) is 32.4 Å². The van der Waals surface area contributed by atoms with E-state index in [0.29, 0.717) is 12.5 Å². The van der Waals surface area contributed by atoms with Crippen molar-refractivity contribution < 1.29 is 18.5 Å². The van der Waals surface area contributed by atoms with Crippen molar-refractivity contribution in [2.75, 3.05) is 13.7 Å². The molecule has 218 valence electrons. The second kappa shape index (κ2) is 12.0. The Kier molecular flexibility index (Phi) is 8.43. The average molecular weight is 596 g/mol. The molecule has 1 unspecified atom stereocenters. The van der Waals surface area contributed by atoms with Gasteiger partial charge in [0, 0.05) is 32.0 Å².